The smallest absolute Gasteiger partial charge is 0.163 e. The first-order valence-electron chi connectivity index (χ1n) is 13.0. The van der Waals surface area contributed by atoms with Gasteiger partial charge < -0.3 is 50.0 Å². The van der Waals surface area contributed by atoms with Gasteiger partial charge >= 0.3 is 0 Å². The maximum atomic E-state index is 10.9. The third-order valence-electron chi connectivity index (χ3n) is 6.46. The van der Waals surface area contributed by atoms with Gasteiger partial charge in [0, 0.05) is 36.2 Å². The monoisotopic (exact) mass is 608 g/mol. The van der Waals surface area contributed by atoms with Crippen LogP contribution in [0.3, 0.4) is 0 Å². The van der Waals surface area contributed by atoms with Crippen molar-refractivity contribution in [3.05, 3.63) is 89.0 Å². The molecule has 2 atom stereocenters. The van der Waals surface area contributed by atoms with Gasteiger partial charge in [-0.25, -0.2) is 0 Å². The van der Waals surface area contributed by atoms with Crippen molar-refractivity contribution < 1.29 is 59.5 Å². The molecule has 12 nitrogen and oxygen atoms in total. The van der Waals surface area contributed by atoms with E-state index < -0.39 is 12.2 Å². The molecule has 0 aromatic heterocycles. The minimum absolute atomic E-state index is 0.0400. The van der Waals surface area contributed by atoms with Crippen LogP contribution in [0.15, 0.2) is 66.7 Å². The summed E-state index contributed by atoms with van der Waals surface area (Å²) in [5, 5.41) is 66.7. The molecule has 1 aliphatic heterocycles. The molecule has 1 heterocycles. The lowest BCUT2D eigenvalue weighted by Gasteiger charge is -2.31. The van der Waals surface area contributed by atoms with E-state index in [0.717, 1.165) is 0 Å². The van der Waals surface area contributed by atoms with Crippen molar-refractivity contribution in [3.63, 3.8) is 0 Å². The number of Topliss-reactive ketones (excluding diaryl/α,β-unsaturated/α-hetero) is 1. The summed E-state index contributed by atoms with van der Waals surface area (Å²) in [6, 6.07) is 15.8. The Morgan fingerprint density at radius 3 is 1.95 bits per heavy atom. The van der Waals surface area contributed by atoms with Gasteiger partial charge in [-0.1, -0.05) is 6.07 Å². The van der Waals surface area contributed by atoms with Crippen molar-refractivity contribution in [2.45, 2.75) is 25.6 Å². The Morgan fingerprint density at radius 2 is 1.41 bits per heavy atom. The Balaban J connectivity index is 0.000000196. The lowest BCUT2D eigenvalue weighted by molar-refractivity contribution is 0.0197. The third-order valence-corrected chi connectivity index (χ3v) is 6.46. The second-order valence-corrected chi connectivity index (χ2v) is 9.48. The highest BCUT2D eigenvalue weighted by molar-refractivity contribution is 5.96. The largest absolute Gasteiger partial charge is 0.508 e. The van der Waals surface area contributed by atoms with Gasteiger partial charge in [-0.15, -0.1) is 0 Å². The molecule has 0 unspecified atom stereocenters. The summed E-state index contributed by atoms with van der Waals surface area (Å²) >= 11 is 0. The van der Waals surface area contributed by atoms with Crippen LogP contribution in [0.4, 0.5) is 0 Å². The average Bonchev–Trinajstić information content (AvgIpc) is 2.99. The number of aliphatic hydroxyl groups is 1. The number of methoxy groups -OCH3 is 2. The van der Waals surface area contributed by atoms with E-state index in [1.54, 1.807) is 12.1 Å². The van der Waals surface area contributed by atoms with Gasteiger partial charge in [-0.05, 0) is 48.9 Å². The minimum Gasteiger partial charge on any atom is -0.508 e. The van der Waals surface area contributed by atoms with Crippen LogP contribution in [-0.2, 0) is 6.42 Å². The number of phenolic OH excluding ortho intramolecular Hbond substituents is 6. The van der Waals surface area contributed by atoms with E-state index in [2.05, 4.69) is 0 Å². The molecule has 0 radical (unpaired) electrons. The van der Waals surface area contributed by atoms with Crippen LogP contribution in [0.5, 0.6) is 51.7 Å². The van der Waals surface area contributed by atoms with Crippen molar-refractivity contribution >= 4 is 12.1 Å². The Kier molecular flexibility index (Phi) is 10.9. The Morgan fingerprint density at radius 1 is 0.773 bits per heavy atom. The molecular formula is C32H32O12. The predicted octanol–water partition coefficient (Wildman–Crippen LogP) is 4.36. The molecule has 4 aromatic carbocycles. The lowest BCUT2D eigenvalue weighted by atomic mass is 9.94. The molecule has 232 valence electrons. The fourth-order valence-corrected chi connectivity index (χ4v) is 4.15. The van der Waals surface area contributed by atoms with Gasteiger partial charge in [0.05, 0.1) is 31.5 Å². The van der Waals surface area contributed by atoms with Crippen LogP contribution in [0.2, 0.25) is 0 Å². The maximum Gasteiger partial charge on any atom is 0.163 e. The molecule has 0 aliphatic carbocycles. The van der Waals surface area contributed by atoms with Crippen LogP contribution < -0.4 is 14.2 Å². The molecular weight excluding hydrogens is 576 g/mol. The van der Waals surface area contributed by atoms with E-state index in [1.807, 2.05) is 0 Å². The number of phenols is 6. The number of aldehydes is 1. The van der Waals surface area contributed by atoms with Crippen LogP contribution in [-0.4, -0.2) is 68.1 Å². The third kappa shape index (κ3) is 8.01. The molecule has 1 aliphatic rings. The van der Waals surface area contributed by atoms with E-state index >= 15 is 0 Å². The summed E-state index contributed by atoms with van der Waals surface area (Å²) < 4.78 is 15.3. The zero-order valence-corrected chi connectivity index (χ0v) is 24.0. The predicted molar refractivity (Wildman–Crippen MR) is 157 cm³/mol. The van der Waals surface area contributed by atoms with Crippen LogP contribution in [0, 0.1) is 0 Å². The topological polar surface area (TPSA) is 203 Å². The summed E-state index contributed by atoms with van der Waals surface area (Å²) in [6.07, 6.45) is -0.968. The molecule has 0 saturated carbocycles. The van der Waals surface area contributed by atoms with Crippen molar-refractivity contribution in [3.8, 4) is 51.7 Å². The Labute approximate surface area is 252 Å². The molecule has 0 fully saturated rings. The van der Waals surface area contributed by atoms with Gasteiger partial charge in [0.25, 0.3) is 0 Å². The average molecular weight is 609 g/mol. The fraction of sp³-hybridized carbons (Fsp3) is 0.188. The quantitative estimate of drug-likeness (QED) is 0.0959. The number of aliphatic hydroxyl groups excluding tert-OH is 1. The summed E-state index contributed by atoms with van der Waals surface area (Å²) in [5.41, 5.74) is 1.48. The molecule has 5 rings (SSSR count). The fourth-order valence-electron chi connectivity index (χ4n) is 4.15. The van der Waals surface area contributed by atoms with Gasteiger partial charge in [0.2, 0.25) is 0 Å². The van der Waals surface area contributed by atoms with Crippen molar-refractivity contribution in [2.24, 2.45) is 0 Å². The zero-order chi connectivity index (χ0) is 32.6. The first-order chi connectivity index (χ1) is 20.9. The van der Waals surface area contributed by atoms with Crippen LogP contribution in [0.25, 0.3) is 0 Å². The number of ketones is 1. The molecule has 0 amide bonds. The Bertz CT molecular complexity index is 1630. The second kappa shape index (κ2) is 14.5. The van der Waals surface area contributed by atoms with Gasteiger partial charge in [-0.3, -0.25) is 9.59 Å². The zero-order valence-electron chi connectivity index (χ0n) is 24.0. The molecule has 0 saturated heterocycles. The molecule has 44 heavy (non-hydrogen) atoms. The number of ether oxygens (including phenoxy) is 3. The molecule has 7 N–H and O–H groups in total. The number of fused-ring (bicyclic) bond motifs is 1. The van der Waals surface area contributed by atoms with Gasteiger partial charge in [0.15, 0.2) is 23.6 Å². The standard InChI is InChI=1S/C15H14O6.C9H10O3.C8H8O3/c16-8-4-11(18)9-6-13(20)15(21-14(9)5-8)7-1-2-10(17)12(19)3-7;1-6(10)8-4-3-7(12-2)5-9(8)11;1-11-7-3-2-6(5-9)8(10)4-7/h1-5,13,15-20H,6H2;3-5,11H,1-2H3;2-5,10H,1H3/t13-,15-;;/m1../s1. The molecule has 0 bridgehead atoms. The lowest BCUT2D eigenvalue weighted by Crippen LogP contribution is -2.30. The number of hydrogen-bond acceptors (Lipinski definition) is 12. The summed E-state index contributed by atoms with van der Waals surface area (Å²) in [7, 11) is 3.00. The van der Waals surface area contributed by atoms with Gasteiger partial charge in [0.1, 0.15) is 46.4 Å². The number of aromatic hydroxyl groups is 6. The van der Waals surface area contributed by atoms with Crippen molar-refractivity contribution in [1.82, 2.24) is 0 Å². The normalized spacial score (nSPS) is 14.7. The summed E-state index contributed by atoms with van der Waals surface area (Å²) in [5.74, 6) is 0.232. The van der Waals surface area contributed by atoms with Crippen molar-refractivity contribution in [2.75, 3.05) is 14.2 Å². The minimum atomic E-state index is -0.933. The molecule has 12 heteroatoms. The highest BCUT2D eigenvalue weighted by atomic mass is 16.5. The number of carbonyl (C=O) groups is 2. The first kappa shape index (κ1) is 32.9. The van der Waals surface area contributed by atoms with E-state index in [1.165, 1.54) is 75.7 Å². The number of benzene rings is 4. The van der Waals surface area contributed by atoms with E-state index in [9.17, 15) is 40.2 Å². The molecule has 4 aromatic rings. The Hall–Kier alpha value is -5.62. The first-order valence-corrected chi connectivity index (χ1v) is 13.0. The highest BCUT2D eigenvalue weighted by Crippen LogP contribution is 2.42. The van der Waals surface area contributed by atoms with Crippen LogP contribution in [0.1, 0.15) is 44.9 Å². The molecule has 0 spiro atoms. The van der Waals surface area contributed by atoms with Crippen molar-refractivity contribution in [1.29, 1.82) is 0 Å². The summed E-state index contributed by atoms with van der Waals surface area (Å²) in [4.78, 5) is 21.1. The highest BCUT2D eigenvalue weighted by Gasteiger charge is 2.32. The van der Waals surface area contributed by atoms with Gasteiger partial charge in [-0.2, -0.15) is 0 Å². The SMILES string of the molecule is COc1ccc(C(C)=O)c(O)c1.COc1ccc(C=O)c(O)c1.Oc1cc(O)c2c(c1)O[C@H](c1ccc(O)c(O)c1)[C@H](O)C2. The van der Waals surface area contributed by atoms with E-state index in [4.69, 9.17) is 19.3 Å². The van der Waals surface area contributed by atoms with E-state index in [0.29, 0.717) is 34.5 Å². The summed E-state index contributed by atoms with van der Waals surface area (Å²) in [6.45, 7) is 1.40. The second-order valence-electron chi connectivity index (χ2n) is 9.48. The number of hydrogen-bond donors (Lipinski definition) is 7. The van der Waals surface area contributed by atoms with E-state index in [-0.39, 0.29) is 58.0 Å². The maximum absolute atomic E-state index is 10.9. The number of carbonyl (C=O) groups excluding carboxylic acids is 2. The number of rotatable bonds is 5. The van der Waals surface area contributed by atoms with Crippen LogP contribution >= 0.6 is 0 Å².